The molecule has 1 heterocycles. The maximum Gasteiger partial charge on any atom is 0.314 e. The Kier molecular flexibility index (Phi) is 2.29. The van der Waals surface area contributed by atoms with Crippen LogP contribution in [0, 0.1) is 5.92 Å². The molecule has 0 amide bonds. The lowest BCUT2D eigenvalue weighted by atomic mass is 10.3. The zero-order valence-electron chi connectivity index (χ0n) is 9.30. The van der Waals surface area contributed by atoms with E-state index >= 15 is 0 Å². The summed E-state index contributed by atoms with van der Waals surface area (Å²) in [5.41, 5.74) is 0.692. The third kappa shape index (κ3) is 1.67. The number of fused-ring (bicyclic) bond motifs is 1. The first-order valence-corrected chi connectivity index (χ1v) is 6.26. The maximum atomic E-state index is 12.0. The average Bonchev–Trinajstić information content (AvgIpc) is 3.10. The third-order valence-corrected chi connectivity index (χ3v) is 3.84. The lowest BCUT2D eigenvalue weighted by Gasteiger charge is -2.02. The van der Waals surface area contributed by atoms with Crippen LogP contribution in [0.15, 0.2) is 23.0 Å². The van der Waals surface area contributed by atoms with E-state index in [1.54, 1.807) is 25.3 Å². The molecular weight excluding hydrogens is 238 g/mol. The summed E-state index contributed by atoms with van der Waals surface area (Å²) in [6, 6.07) is 5.33. The molecule has 4 nitrogen and oxygen atoms in total. The molecule has 2 aromatic rings. The standard InChI is InChI=1S/C12H11NO3S/c1-16-8-4-5-9-10(6-8)17-12(15)13(9)11(14)7-2-3-7/h4-7H,2-3H2,1H3. The predicted molar refractivity (Wildman–Crippen MR) is 66.0 cm³/mol. The summed E-state index contributed by atoms with van der Waals surface area (Å²) in [6.45, 7) is 0. The van der Waals surface area contributed by atoms with Gasteiger partial charge >= 0.3 is 4.87 Å². The van der Waals surface area contributed by atoms with Gasteiger partial charge in [-0.1, -0.05) is 11.3 Å². The SMILES string of the molecule is COc1ccc2c(c1)sc(=O)n2C(=O)C1CC1. The largest absolute Gasteiger partial charge is 0.497 e. The van der Waals surface area contributed by atoms with E-state index in [1.807, 2.05) is 0 Å². The second kappa shape index (κ2) is 3.70. The molecule has 17 heavy (non-hydrogen) atoms. The molecule has 1 saturated carbocycles. The van der Waals surface area contributed by atoms with E-state index in [-0.39, 0.29) is 16.7 Å². The maximum absolute atomic E-state index is 12.0. The molecule has 0 spiro atoms. The summed E-state index contributed by atoms with van der Waals surface area (Å²) < 4.78 is 7.20. The number of ether oxygens (including phenoxy) is 1. The van der Waals surface area contributed by atoms with Crippen LogP contribution >= 0.6 is 11.3 Å². The molecule has 0 unspecified atom stereocenters. The Hall–Kier alpha value is -1.62. The minimum Gasteiger partial charge on any atom is -0.497 e. The zero-order chi connectivity index (χ0) is 12.0. The average molecular weight is 249 g/mol. The number of aromatic nitrogens is 1. The minimum absolute atomic E-state index is 0.0487. The topological polar surface area (TPSA) is 48.3 Å². The van der Waals surface area contributed by atoms with Gasteiger partial charge in [0, 0.05) is 5.92 Å². The molecule has 1 aromatic carbocycles. The number of hydrogen-bond acceptors (Lipinski definition) is 4. The molecule has 3 rings (SSSR count). The van der Waals surface area contributed by atoms with Gasteiger partial charge in [-0.15, -0.1) is 0 Å². The van der Waals surface area contributed by atoms with Crippen LogP contribution in [0.2, 0.25) is 0 Å². The van der Waals surface area contributed by atoms with E-state index in [1.165, 1.54) is 4.57 Å². The second-order valence-electron chi connectivity index (χ2n) is 4.15. The number of hydrogen-bond donors (Lipinski definition) is 0. The first kappa shape index (κ1) is 10.5. The van der Waals surface area contributed by atoms with E-state index in [0.717, 1.165) is 28.9 Å². The number of carbonyl (C=O) groups is 1. The van der Waals surface area contributed by atoms with Crippen LogP contribution in [0.25, 0.3) is 10.2 Å². The smallest absolute Gasteiger partial charge is 0.314 e. The van der Waals surface area contributed by atoms with Crippen LogP contribution < -0.4 is 9.61 Å². The Morgan fingerprint density at radius 1 is 1.47 bits per heavy atom. The molecule has 0 N–H and O–H groups in total. The van der Waals surface area contributed by atoms with Crippen molar-refractivity contribution in [2.45, 2.75) is 12.8 Å². The molecule has 0 atom stereocenters. The van der Waals surface area contributed by atoms with Gasteiger partial charge in [0.1, 0.15) is 5.75 Å². The third-order valence-electron chi connectivity index (χ3n) is 2.93. The van der Waals surface area contributed by atoms with Gasteiger partial charge in [0.25, 0.3) is 0 Å². The van der Waals surface area contributed by atoms with Crippen molar-refractivity contribution in [1.82, 2.24) is 4.57 Å². The van der Waals surface area contributed by atoms with E-state index < -0.39 is 0 Å². The lowest BCUT2D eigenvalue weighted by molar-refractivity contribution is 0.0889. The molecule has 0 aliphatic heterocycles. The number of thiazole rings is 1. The molecule has 1 aliphatic rings. The highest BCUT2D eigenvalue weighted by atomic mass is 32.1. The van der Waals surface area contributed by atoms with Crippen LogP contribution in [0.4, 0.5) is 0 Å². The molecule has 5 heteroatoms. The molecule has 88 valence electrons. The number of nitrogens with zero attached hydrogens (tertiary/aromatic N) is 1. The van der Waals surface area contributed by atoms with Crippen molar-refractivity contribution in [3.63, 3.8) is 0 Å². The summed E-state index contributed by atoms with van der Waals surface area (Å²) in [7, 11) is 1.58. The Morgan fingerprint density at radius 3 is 2.88 bits per heavy atom. The molecular formula is C12H11NO3S. The fraction of sp³-hybridized carbons (Fsp3) is 0.333. The molecule has 1 aliphatic carbocycles. The van der Waals surface area contributed by atoms with Crippen molar-refractivity contribution in [2.24, 2.45) is 5.92 Å². The first-order chi connectivity index (χ1) is 8.20. The summed E-state index contributed by atoms with van der Waals surface area (Å²) in [5, 5.41) is 0. The Morgan fingerprint density at radius 2 is 2.24 bits per heavy atom. The lowest BCUT2D eigenvalue weighted by Crippen LogP contribution is -2.22. The van der Waals surface area contributed by atoms with Gasteiger partial charge in [0.2, 0.25) is 5.91 Å². The number of benzene rings is 1. The Labute approximate surface area is 101 Å². The van der Waals surface area contributed by atoms with Crippen molar-refractivity contribution in [3.8, 4) is 5.75 Å². The summed E-state index contributed by atoms with van der Waals surface area (Å²) >= 11 is 1.09. The van der Waals surface area contributed by atoms with E-state index in [2.05, 4.69) is 0 Å². The van der Waals surface area contributed by atoms with Crippen LogP contribution in [0.1, 0.15) is 17.6 Å². The second-order valence-corrected chi connectivity index (χ2v) is 5.14. The predicted octanol–water partition coefficient (Wildman–Crippen LogP) is 2.12. The highest BCUT2D eigenvalue weighted by Crippen LogP contribution is 2.32. The van der Waals surface area contributed by atoms with Gasteiger partial charge in [-0.2, -0.15) is 0 Å². The monoisotopic (exact) mass is 249 g/mol. The van der Waals surface area contributed by atoms with Gasteiger partial charge in [0.05, 0.1) is 17.3 Å². The van der Waals surface area contributed by atoms with Crippen molar-refractivity contribution in [1.29, 1.82) is 0 Å². The van der Waals surface area contributed by atoms with Gasteiger partial charge < -0.3 is 4.74 Å². The highest BCUT2D eigenvalue weighted by Gasteiger charge is 2.32. The van der Waals surface area contributed by atoms with E-state index in [4.69, 9.17) is 4.74 Å². The Balaban J connectivity index is 2.20. The summed E-state index contributed by atoms with van der Waals surface area (Å²) in [5.74, 6) is 0.684. The summed E-state index contributed by atoms with van der Waals surface area (Å²) in [6.07, 6.45) is 1.80. The fourth-order valence-electron chi connectivity index (χ4n) is 1.85. The van der Waals surface area contributed by atoms with E-state index in [9.17, 15) is 9.59 Å². The number of methoxy groups -OCH3 is 1. The van der Waals surface area contributed by atoms with Crippen LogP contribution in [0.3, 0.4) is 0 Å². The van der Waals surface area contributed by atoms with Crippen LogP contribution in [0.5, 0.6) is 5.75 Å². The van der Waals surface area contributed by atoms with Crippen molar-refractivity contribution in [2.75, 3.05) is 7.11 Å². The molecule has 1 fully saturated rings. The highest BCUT2D eigenvalue weighted by molar-refractivity contribution is 7.16. The first-order valence-electron chi connectivity index (χ1n) is 5.44. The van der Waals surface area contributed by atoms with E-state index in [0.29, 0.717) is 11.3 Å². The minimum atomic E-state index is -0.204. The van der Waals surface area contributed by atoms with Gasteiger partial charge in [-0.05, 0) is 31.0 Å². The fourth-order valence-corrected chi connectivity index (χ4v) is 2.75. The molecule has 0 radical (unpaired) electrons. The van der Waals surface area contributed by atoms with Gasteiger partial charge in [0.15, 0.2) is 0 Å². The normalized spacial score (nSPS) is 15.1. The quantitative estimate of drug-likeness (QED) is 0.819. The summed E-state index contributed by atoms with van der Waals surface area (Å²) in [4.78, 5) is 23.6. The van der Waals surface area contributed by atoms with Crippen molar-refractivity contribution in [3.05, 3.63) is 27.9 Å². The molecule has 0 bridgehead atoms. The number of rotatable bonds is 2. The van der Waals surface area contributed by atoms with Crippen LogP contribution in [-0.4, -0.2) is 17.6 Å². The Bertz CT molecular complexity index is 651. The van der Waals surface area contributed by atoms with Crippen LogP contribution in [-0.2, 0) is 0 Å². The zero-order valence-corrected chi connectivity index (χ0v) is 10.1. The van der Waals surface area contributed by atoms with Crippen molar-refractivity contribution >= 4 is 27.5 Å². The van der Waals surface area contributed by atoms with Crippen molar-refractivity contribution < 1.29 is 9.53 Å². The molecule has 1 aromatic heterocycles. The molecule has 0 saturated heterocycles. The number of carbonyl (C=O) groups excluding carboxylic acids is 1. The van der Waals surface area contributed by atoms with Gasteiger partial charge in [-0.3, -0.25) is 9.59 Å². The van der Waals surface area contributed by atoms with Gasteiger partial charge in [-0.25, -0.2) is 4.57 Å².